The third-order valence-electron chi connectivity index (χ3n) is 3.09. The molecular weight excluding hydrogens is 218 g/mol. The van der Waals surface area contributed by atoms with Gasteiger partial charge in [-0.25, -0.2) is 4.98 Å². The zero-order valence-corrected chi connectivity index (χ0v) is 9.91. The van der Waals surface area contributed by atoms with Crippen LogP contribution in [0.3, 0.4) is 0 Å². The van der Waals surface area contributed by atoms with Crippen LogP contribution in [0.15, 0.2) is 29.9 Å². The molecule has 3 rings (SSSR count). The van der Waals surface area contributed by atoms with Crippen LogP contribution in [0.25, 0.3) is 10.7 Å². The first-order valence-corrected chi connectivity index (χ1v) is 6.60. The van der Waals surface area contributed by atoms with Crippen molar-refractivity contribution in [2.45, 2.75) is 18.9 Å². The Balaban J connectivity index is 1.92. The number of nitrogens with one attached hydrogen (secondary N) is 1. The van der Waals surface area contributed by atoms with E-state index in [0.29, 0.717) is 6.04 Å². The summed E-state index contributed by atoms with van der Waals surface area (Å²) in [6, 6.07) is 4.86. The van der Waals surface area contributed by atoms with Crippen molar-refractivity contribution < 1.29 is 0 Å². The summed E-state index contributed by atoms with van der Waals surface area (Å²) >= 11 is 1.71. The van der Waals surface area contributed by atoms with E-state index in [-0.39, 0.29) is 0 Å². The summed E-state index contributed by atoms with van der Waals surface area (Å²) in [5.41, 5.74) is 1.25. The molecule has 0 aromatic carbocycles. The van der Waals surface area contributed by atoms with Gasteiger partial charge in [-0.1, -0.05) is 0 Å². The second-order valence-corrected chi connectivity index (χ2v) is 5.03. The van der Waals surface area contributed by atoms with Crippen molar-refractivity contribution >= 4 is 11.3 Å². The highest BCUT2D eigenvalue weighted by molar-refractivity contribution is 7.13. The van der Waals surface area contributed by atoms with Crippen molar-refractivity contribution in [3.8, 4) is 10.7 Å². The molecule has 1 atom stereocenters. The minimum atomic E-state index is 0.586. The highest BCUT2D eigenvalue weighted by Gasteiger charge is 2.17. The van der Waals surface area contributed by atoms with Gasteiger partial charge in [0.25, 0.3) is 0 Å². The number of hydrogen-bond acceptors (Lipinski definition) is 3. The third kappa shape index (κ3) is 1.79. The molecule has 0 unspecified atom stereocenters. The number of piperidine rings is 1. The number of hydrogen-bond donors (Lipinski definition) is 1. The molecule has 0 saturated carbocycles. The average molecular weight is 233 g/mol. The van der Waals surface area contributed by atoms with Crippen LogP contribution in [0.4, 0.5) is 0 Å². The minimum absolute atomic E-state index is 0.586. The van der Waals surface area contributed by atoms with Gasteiger partial charge in [-0.15, -0.1) is 11.3 Å². The molecular formula is C12H15N3S. The van der Waals surface area contributed by atoms with Crippen LogP contribution in [0.1, 0.15) is 18.9 Å². The van der Waals surface area contributed by atoms with Gasteiger partial charge in [0.1, 0.15) is 5.01 Å². The lowest BCUT2D eigenvalue weighted by molar-refractivity contribution is 0.375. The van der Waals surface area contributed by atoms with Crippen molar-refractivity contribution in [1.29, 1.82) is 0 Å². The summed E-state index contributed by atoms with van der Waals surface area (Å²) in [6.07, 6.45) is 6.57. The number of nitrogens with zero attached hydrogens (tertiary/aromatic N) is 2. The minimum Gasteiger partial charge on any atom is -0.341 e. The predicted molar refractivity (Wildman–Crippen MR) is 66.7 cm³/mol. The van der Waals surface area contributed by atoms with E-state index in [1.54, 1.807) is 11.3 Å². The summed E-state index contributed by atoms with van der Waals surface area (Å²) in [5.74, 6) is 0. The first-order valence-electron chi connectivity index (χ1n) is 5.72. The Morgan fingerprint density at radius 2 is 2.50 bits per heavy atom. The molecule has 0 bridgehead atoms. The zero-order chi connectivity index (χ0) is 10.8. The van der Waals surface area contributed by atoms with Gasteiger partial charge in [-0.3, -0.25) is 0 Å². The Morgan fingerprint density at radius 3 is 3.25 bits per heavy atom. The Kier molecular flexibility index (Phi) is 2.76. The molecule has 4 heteroatoms. The number of aromatic nitrogens is 2. The fourth-order valence-corrected chi connectivity index (χ4v) is 2.98. The van der Waals surface area contributed by atoms with Crippen molar-refractivity contribution in [3.05, 3.63) is 29.9 Å². The van der Waals surface area contributed by atoms with Gasteiger partial charge in [0.2, 0.25) is 0 Å². The summed E-state index contributed by atoms with van der Waals surface area (Å²) in [5, 5.41) is 6.61. The lowest BCUT2D eigenvalue weighted by Gasteiger charge is -2.25. The number of thiazole rings is 1. The van der Waals surface area contributed by atoms with E-state index in [1.807, 2.05) is 11.6 Å². The lowest BCUT2D eigenvalue weighted by atomic mass is 10.1. The largest absolute Gasteiger partial charge is 0.341 e. The molecule has 2 aromatic rings. The Bertz CT molecular complexity index is 441. The predicted octanol–water partition coefficient (Wildman–Crippen LogP) is 2.54. The second kappa shape index (κ2) is 4.39. The normalized spacial score (nSPS) is 21.1. The third-order valence-corrected chi connectivity index (χ3v) is 3.89. The molecule has 3 heterocycles. The van der Waals surface area contributed by atoms with Gasteiger partial charge in [0, 0.05) is 30.4 Å². The molecule has 84 valence electrons. The van der Waals surface area contributed by atoms with E-state index in [1.165, 1.54) is 18.5 Å². The molecule has 0 spiro atoms. The second-order valence-electron chi connectivity index (χ2n) is 4.14. The van der Waals surface area contributed by atoms with Crippen LogP contribution in [-0.4, -0.2) is 22.6 Å². The standard InChI is InChI=1S/C12H15N3S/c1-3-10(9-13-5-1)15-7-2-4-11(15)12-14-6-8-16-12/h2,4,6-8,10,13H,1,3,5,9H2/t10-/m1/s1. The first-order chi connectivity index (χ1) is 7.95. The van der Waals surface area contributed by atoms with E-state index in [2.05, 4.69) is 33.2 Å². The van der Waals surface area contributed by atoms with E-state index >= 15 is 0 Å². The zero-order valence-electron chi connectivity index (χ0n) is 9.10. The summed E-state index contributed by atoms with van der Waals surface area (Å²) in [7, 11) is 0. The SMILES string of the molecule is c1cc(-c2nccs2)n([C@@H]2CCCNC2)c1. The van der Waals surface area contributed by atoms with Crippen LogP contribution in [0.5, 0.6) is 0 Å². The van der Waals surface area contributed by atoms with Gasteiger partial charge in [-0.2, -0.15) is 0 Å². The average Bonchev–Trinajstić information content (AvgIpc) is 3.01. The van der Waals surface area contributed by atoms with Crippen LogP contribution in [0.2, 0.25) is 0 Å². The van der Waals surface area contributed by atoms with E-state index in [0.717, 1.165) is 18.1 Å². The van der Waals surface area contributed by atoms with Crippen molar-refractivity contribution in [2.75, 3.05) is 13.1 Å². The fourth-order valence-electron chi connectivity index (χ4n) is 2.31. The summed E-state index contributed by atoms with van der Waals surface area (Å²) in [6.45, 7) is 2.23. The Hall–Kier alpha value is -1.13. The maximum atomic E-state index is 4.39. The van der Waals surface area contributed by atoms with Gasteiger partial charge in [0.15, 0.2) is 0 Å². The van der Waals surface area contributed by atoms with Crippen LogP contribution < -0.4 is 5.32 Å². The Morgan fingerprint density at radius 1 is 1.50 bits per heavy atom. The topological polar surface area (TPSA) is 29.9 Å². The van der Waals surface area contributed by atoms with Gasteiger partial charge >= 0.3 is 0 Å². The molecule has 1 fully saturated rings. The number of rotatable bonds is 2. The van der Waals surface area contributed by atoms with Crippen LogP contribution >= 0.6 is 11.3 Å². The quantitative estimate of drug-likeness (QED) is 0.864. The molecule has 16 heavy (non-hydrogen) atoms. The Labute approximate surface area is 99.1 Å². The molecule has 1 aliphatic rings. The monoisotopic (exact) mass is 233 g/mol. The summed E-state index contributed by atoms with van der Waals surface area (Å²) < 4.78 is 2.37. The highest BCUT2D eigenvalue weighted by Crippen LogP contribution is 2.27. The lowest BCUT2D eigenvalue weighted by Crippen LogP contribution is -2.31. The first kappa shape index (κ1) is 10.1. The van der Waals surface area contributed by atoms with E-state index < -0.39 is 0 Å². The van der Waals surface area contributed by atoms with Crippen molar-refractivity contribution in [1.82, 2.24) is 14.9 Å². The molecule has 0 radical (unpaired) electrons. The highest BCUT2D eigenvalue weighted by atomic mass is 32.1. The van der Waals surface area contributed by atoms with Crippen molar-refractivity contribution in [2.24, 2.45) is 0 Å². The molecule has 1 aliphatic heterocycles. The molecule has 2 aromatic heterocycles. The fraction of sp³-hybridized carbons (Fsp3) is 0.417. The molecule has 1 saturated heterocycles. The van der Waals surface area contributed by atoms with Crippen LogP contribution in [-0.2, 0) is 0 Å². The van der Waals surface area contributed by atoms with Gasteiger partial charge in [0.05, 0.1) is 5.69 Å². The van der Waals surface area contributed by atoms with Gasteiger partial charge < -0.3 is 9.88 Å². The molecule has 3 nitrogen and oxygen atoms in total. The summed E-state index contributed by atoms with van der Waals surface area (Å²) in [4.78, 5) is 4.39. The molecule has 0 amide bonds. The van der Waals surface area contributed by atoms with E-state index in [9.17, 15) is 0 Å². The van der Waals surface area contributed by atoms with Crippen molar-refractivity contribution in [3.63, 3.8) is 0 Å². The maximum absolute atomic E-state index is 4.39. The molecule has 1 N–H and O–H groups in total. The maximum Gasteiger partial charge on any atom is 0.139 e. The van der Waals surface area contributed by atoms with Gasteiger partial charge in [-0.05, 0) is 31.5 Å². The van der Waals surface area contributed by atoms with E-state index in [4.69, 9.17) is 0 Å². The van der Waals surface area contributed by atoms with Crippen LogP contribution in [0, 0.1) is 0 Å². The smallest absolute Gasteiger partial charge is 0.139 e. The molecule has 0 aliphatic carbocycles.